The number of hydrogen-bond donors (Lipinski definition) is 1. The lowest BCUT2D eigenvalue weighted by molar-refractivity contribution is 0.467. The summed E-state index contributed by atoms with van der Waals surface area (Å²) in [5.74, 6) is 0.988. The van der Waals surface area contributed by atoms with E-state index in [1.165, 1.54) is 0 Å². The van der Waals surface area contributed by atoms with Gasteiger partial charge in [-0.3, -0.25) is 0 Å². The van der Waals surface area contributed by atoms with E-state index < -0.39 is 0 Å². The van der Waals surface area contributed by atoms with Gasteiger partial charge in [-0.05, 0) is 44.9 Å². The molecule has 3 heteroatoms. The van der Waals surface area contributed by atoms with Crippen LogP contribution in [0, 0.1) is 0 Å². The summed E-state index contributed by atoms with van der Waals surface area (Å²) in [6, 6.07) is 4.10. The van der Waals surface area contributed by atoms with Gasteiger partial charge in [0.1, 0.15) is 5.82 Å². The standard InChI is InChI=1S/C13H23N3/c1-6-13(3,4)16(5)12-9-11(10(2)14)7-8-15-12/h7-10H,6,14H2,1-5H3. The zero-order valence-electron chi connectivity index (χ0n) is 11.0. The van der Waals surface area contributed by atoms with Crippen LogP contribution in [0.5, 0.6) is 0 Å². The maximum Gasteiger partial charge on any atom is 0.128 e. The first-order chi connectivity index (χ1) is 7.38. The van der Waals surface area contributed by atoms with Gasteiger partial charge in [-0.1, -0.05) is 6.92 Å². The Morgan fingerprint density at radius 2 is 2.12 bits per heavy atom. The molecule has 1 aromatic heterocycles. The van der Waals surface area contributed by atoms with Crippen LogP contribution in [0.25, 0.3) is 0 Å². The third-order valence-corrected chi connectivity index (χ3v) is 3.41. The van der Waals surface area contributed by atoms with Crippen molar-refractivity contribution in [2.24, 2.45) is 5.73 Å². The third-order valence-electron chi connectivity index (χ3n) is 3.41. The fourth-order valence-electron chi connectivity index (χ4n) is 1.45. The van der Waals surface area contributed by atoms with Gasteiger partial charge in [-0.15, -0.1) is 0 Å². The number of rotatable bonds is 4. The molecule has 0 fully saturated rings. The van der Waals surface area contributed by atoms with Crippen LogP contribution in [0.4, 0.5) is 5.82 Å². The summed E-state index contributed by atoms with van der Waals surface area (Å²) < 4.78 is 0. The fourth-order valence-corrected chi connectivity index (χ4v) is 1.45. The average molecular weight is 221 g/mol. The first-order valence-corrected chi connectivity index (χ1v) is 5.84. The van der Waals surface area contributed by atoms with Crippen molar-refractivity contribution in [3.63, 3.8) is 0 Å². The Morgan fingerprint density at radius 1 is 1.50 bits per heavy atom. The largest absolute Gasteiger partial charge is 0.355 e. The Balaban J connectivity index is 3.00. The van der Waals surface area contributed by atoms with E-state index in [4.69, 9.17) is 5.73 Å². The Kier molecular flexibility index (Phi) is 3.92. The summed E-state index contributed by atoms with van der Waals surface area (Å²) >= 11 is 0. The summed E-state index contributed by atoms with van der Waals surface area (Å²) in [5, 5.41) is 0. The predicted molar refractivity (Wildman–Crippen MR) is 69.6 cm³/mol. The SMILES string of the molecule is CCC(C)(C)N(C)c1cc(C(C)N)ccn1. The molecule has 0 saturated carbocycles. The lowest BCUT2D eigenvalue weighted by atomic mass is 9.99. The summed E-state index contributed by atoms with van der Waals surface area (Å²) in [6.07, 6.45) is 2.91. The smallest absolute Gasteiger partial charge is 0.128 e. The van der Waals surface area contributed by atoms with Gasteiger partial charge >= 0.3 is 0 Å². The number of hydrogen-bond acceptors (Lipinski definition) is 3. The van der Waals surface area contributed by atoms with Crippen LogP contribution in [0.2, 0.25) is 0 Å². The van der Waals surface area contributed by atoms with Crippen molar-refractivity contribution in [3.8, 4) is 0 Å². The molecule has 3 nitrogen and oxygen atoms in total. The van der Waals surface area contributed by atoms with Crippen LogP contribution >= 0.6 is 0 Å². The highest BCUT2D eigenvalue weighted by molar-refractivity contribution is 5.43. The van der Waals surface area contributed by atoms with Crippen molar-refractivity contribution < 1.29 is 0 Å². The first-order valence-electron chi connectivity index (χ1n) is 5.84. The van der Waals surface area contributed by atoms with E-state index in [0.717, 1.165) is 17.8 Å². The van der Waals surface area contributed by atoms with Crippen molar-refractivity contribution in [1.29, 1.82) is 0 Å². The van der Waals surface area contributed by atoms with Gasteiger partial charge in [-0.25, -0.2) is 4.98 Å². The highest BCUT2D eigenvalue weighted by Crippen LogP contribution is 2.24. The van der Waals surface area contributed by atoms with Gasteiger partial charge in [0.25, 0.3) is 0 Å². The summed E-state index contributed by atoms with van der Waals surface area (Å²) in [6.45, 7) is 8.61. The molecule has 0 spiro atoms. The van der Waals surface area contributed by atoms with E-state index in [0.29, 0.717) is 0 Å². The van der Waals surface area contributed by atoms with Crippen LogP contribution in [0.3, 0.4) is 0 Å². The number of nitrogens with two attached hydrogens (primary N) is 1. The Morgan fingerprint density at radius 3 is 2.62 bits per heavy atom. The van der Waals surface area contributed by atoms with Gasteiger partial charge < -0.3 is 10.6 Å². The molecule has 90 valence electrons. The first kappa shape index (κ1) is 13.0. The topological polar surface area (TPSA) is 42.1 Å². The Labute approximate surface area is 98.7 Å². The molecule has 0 aliphatic rings. The van der Waals surface area contributed by atoms with Gasteiger partial charge in [0.05, 0.1) is 0 Å². The summed E-state index contributed by atoms with van der Waals surface area (Å²) in [7, 11) is 2.08. The summed E-state index contributed by atoms with van der Waals surface area (Å²) in [4.78, 5) is 6.61. The van der Waals surface area contributed by atoms with Crippen molar-refractivity contribution >= 4 is 5.82 Å². The molecule has 0 bridgehead atoms. The van der Waals surface area contributed by atoms with E-state index >= 15 is 0 Å². The molecule has 1 heterocycles. The molecular formula is C13H23N3. The molecular weight excluding hydrogens is 198 g/mol. The molecule has 1 rings (SSSR count). The second-order valence-corrected chi connectivity index (χ2v) is 4.96. The molecule has 0 radical (unpaired) electrons. The van der Waals surface area contributed by atoms with E-state index in [-0.39, 0.29) is 11.6 Å². The molecule has 16 heavy (non-hydrogen) atoms. The molecule has 1 unspecified atom stereocenters. The molecule has 0 amide bonds. The minimum absolute atomic E-state index is 0.0555. The molecule has 1 aromatic rings. The second kappa shape index (κ2) is 4.83. The summed E-state index contributed by atoms with van der Waals surface area (Å²) in [5.41, 5.74) is 7.12. The quantitative estimate of drug-likeness (QED) is 0.850. The highest BCUT2D eigenvalue weighted by atomic mass is 15.2. The molecule has 0 aromatic carbocycles. The van der Waals surface area contributed by atoms with Crippen LogP contribution in [-0.4, -0.2) is 17.6 Å². The number of anilines is 1. The van der Waals surface area contributed by atoms with Crippen molar-refractivity contribution in [1.82, 2.24) is 4.98 Å². The zero-order valence-corrected chi connectivity index (χ0v) is 11.0. The van der Waals surface area contributed by atoms with E-state index in [9.17, 15) is 0 Å². The Hall–Kier alpha value is -1.09. The molecule has 2 N–H and O–H groups in total. The average Bonchev–Trinajstić information content (AvgIpc) is 2.28. The van der Waals surface area contributed by atoms with Crippen LogP contribution < -0.4 is 10.6 Å². The van der Waals surface area contributed by atoms with Crippen LogP contribution in [-0.2, 0) is 0 Å². The fraction of sp³-hybridized carbons (Fsp3) is 0.615. The van der Waals surface area contributed by atoms with E-state index in [2.05, 4.69) is 43.8 Å². The minimum Gasteiger partial charge on any atom is -0.355 e. The van der Waals surface area contributed by atoms with Crippen molar-refractivity contribution in [2.75, 3.05) is 11.9 Å². The minimum atomic E-state index is 0.0555. The molecule has 0 aliphatic carbocycles. The lowest BCUT2D eigenvalue weighted by Gasteiger charge is -2.36. The number of aromatic nitrogens is 1. The monoisotopic (exact) mass is 221 g/mol. The normalized spacial score (nSPS) is 13.6. The van der Waals surface area contributed by atoms with Gasteiger partial charge in [0.15, 0.2) is 0 Å². The van der Waals surface area contributed by atoms with Crippen molar-refractivity contribution in [2.45, 2.75) is 45.7 Å². The van der Waals surface area contributed by atoms with Crippen LogP contribution in [0.15, 0.2) is 18.3 Å². The van der Waals surface area contributed by atoms with E-state index in [1.54, 1.807) is 0 Å². The van der Waals surface area contributed by atoms with Gasteiger partial charge in [0.2, 0.25) is 0 Å². The number of nitrogens with zero attached hydrogens (tertiary/aromatic N) is 2. The highest BCUT2D eigenvalue weighted by Gasteiger charge is 2.22. The lowest BCUT2D eigenvalue weighted by Crippen LogP contribution is -2.41. The van der Waals surface area contributed by atoms with Crippen LogP contribution in [0.1, 0.15) is 45.7 Å². The van der Waals surface area contributed by atoms with Gasteiger partial charge in [0, 0.05) is 24.8 Å². The molecule has 1 atom stereocenters. The van der Waals surface area contributed by atoms with E-state index in [1.807, 2.05) is 19.2 Å². The maximum atomic E-state index is 5.88. The predicted octanol–water partition coefficient (Wildman–Crippen LogP) is 2.73. The third kappa shape index (κ3) is 2.73. The Bertz CT molecular complexity index is 345. The second-order valence-electron chi connectivity index (χ2n) is 4.96. The van der Waals surface area contributed by atoms with Gasteiger partial charge in [-0.2, -0.15) is 0 Å². The van der Waals surface area contributed by atoms with Crippen molar-refractivity contribution in [3.05, 3.63) is 23.9 Å². The zero-order chi connectivity index (χ0) is 12.3. The maximum absolute atomic E-state index is 5.88. The molecule has 0 saturated heterocycles. The molecule has 0 aliphatic heterocycles. The number of pyridine rings is 1.